The first-order valence-corrected chi connectivity index (χ1v) is 9.10. The smallest absolute Gasteiger partial charge is 0.325 e. The Labute approximate surface area is 167 Å². The van der Waals surface area contributed by atoms with Crippen LogP contribution in [0.4, 0.5) is 11.6 Å². The zero-order valence-electron chi connectivity index (χ0n) is 15.6. The molecule has 144 valence electrons. The number of benzene rings is 1. The van der Waals surface area contributed by atoms with Gasteiger partial charge in [-0.15, -0.1) is 0 Å². The van der Waals surface area contributed by atoms with Crippen LogP contribution in [0.5, 0.6) is 0 Å². The molecule has 0 fully saturated rings. The minimum Gasteiger partial charge on any atom is -0.325 e. The molecule has 0 aliphatic rings. The third-order valence-corrected chi connectivity index (χ3v) is 4.35. The Morgan fingerprint density at radius 2 is 2.04 bits per heavy atom. The van der Waals surface area contributed by atoms with E-state index in [-0.39, 0.29) is 18.5 Å². The maximum absolute atomic E-state index is 13.0. The average Bonchev–Trinajstić information content (AvgIpc) is 2.66. The Morgan fingerprint density at radius 3 is 2.68 bits per heavy atom. The molecule has 0 bridgehead atoms. The quantitative estimate of drug-likeness (QED) is 0.644. The summed E-state index contributed by atoms with van der Waals surface area (Å²) in [4.78, 5) is 33.6. The molecule has 3 aromatic rings. The number of hydrogen-bond acceptors (Lipinski definition) is 5. The van der Waals surface area contributed by atoms with Crippen LogP contribution in [0, 0.1) is 0 Å². The van der Waals surface area contributed by atoms with Gasteiger partial charge in [0.1, 0.15) is 5.15 Å². The number of rotatable bonds is 6. The van der Waals surface area contributed by atoms with Gasteiger partial charge in [-0.25, -0.2) is 19.1 Å². The summed E-state index contributed by atoms with van der Waals surface area (Å²) in [7, 11) is 0. The lowest BCUT2D eigenvalue weighted by atomic mass is 10.2. The second-order valence-electron chi connectivity index (χ2n) is 6.49. The molecule has 0 spiro atoms. The molecule has 0 unspecified atom stereocenters. The molecular formula is C20H20ClN5O2. The lowest BCUT2D eigenvalue weighted by molar-refractivity contribution is 0.497. The fourth-order valence-corrected chi connectivity index (χ4v) is 2.85. The van der Waals surface area contributed by atoms with Gasteiger partial charge in [-0.3, -0.25) is 4.57 Å². The van der Waals surface area contributed by atoms with Crippen LogP contribution >= 0.6 is 11.6 Å². The van der Waals surface area contributed by atoms with Crippen molar-refractivity contribution < 1.29 is 0 Å². The zero-order valence-corrected chi connectivity index (χ0v) is 16.3. The molecule has 0 saturated heterocycles. The van der Waals surface area contributed by atoms with Gasteiger partial charge in [-0.2, -0.15) is 4.98 Å². The summed E-state index contributed by atoms with van der Waals surface area (Å²) in [6.45, 7) is 7.46. The van der Waals surface area contributed by atoms with Crippen molar-refractivity contribution in [1.82, 2.24) is 19.1 Å². The van der Waals surface area contributed by atoms with Gasteiger partial charge >= 0.3 is 11.4 Å². The molecule has 3 rings (SSSR count). The summed E-state index contributed by atoms with van der Waals surface area (Å²) in [5.41, 5.74) is 1.29. The molecule has 0 aliphatic carbocycles. The minimum absolute atomic E-state index is 0.156. The largest absolute Gasteiger partial charge is 0.355 e. The van der Waals surface area contributed by atoms with Crippen molar-refractivity contribution in [2.45, 2.75) is 26.4 Å². The molecule has 0 aliphatic heterocycles. The van der Waals surface area contributed by atoms with Crippen molar-refractivity contribution in [1.29, 1.82) is 0 Å². The third-order valence-electron chi connectivity index (χ3n) is 4.12. The maximum Gasteiger partial charge on any atom is 0.355 e. The summed E-state index contributed by atoms with van der Waals surface area (Å²) in [5, 5.41) is 3.43. The first-order valence-electron chi connectivity index (χ1n) is 8.72. The van der Waals surface area contributed by atoms with E-state index in [0.717, 1.165) is 15.7 Å². The Bertz CT molecular complexity index is 1120. The number of anilines is 2. The van der Waals surface area contributed by atoms with Crippen molar-refractivity contribution in [3.8, 4) is 0 Å². The van der Waals surface area contributed by atoms with E-state index in [1.165, 1.54) is 4.57 Å². The number of nitrogens with zero attached hydrogens (tertiary/aromatic N) is 4. The van der Waals surface area contributed by atoms with Crippen molar-refractivity contribution in [2.24, 2.45) is 0 Å². The SMILES string of the molecule is C=Cc1cccc(Nc2nc(=O)n(C(C)C)c(=O)n2Cc2ccc(Cl)nc2)c1. The number of nitrogens with one attached hydrogen (secondary N) is 1. The molecule has 0 saturated carbocycles. The molecule has 1 aromatic carbocycles. The maximum atomic E-state index is 13.0. The van der Waals surface area contributed by atoms with E-state index >= 15 is 0 Å². The Hall–Kier alpha value is -3.19. The van der Waals surface area contributed by atoms with E-state index in [1.807, 2.05) is 24.3 Å². The Kier molecular flexibility index (Phi) is 5.75. The summed E-state index contributed by atoms with van der Waals surface area (Å²) in [6, 6.07) is 10.5. The summed E-state index contributed by atoms with van der Waals surface area (Å²) in [6.07, 6.45) is 3.30. The predicted octanol–water partition coefficient (Wildman–Crippen LogP) is 3.47. The topological polar surface area (TPSA) is 81.8 Å². The van der Waals surface area contributed by atoms with Crippen LogP contribution < -0.4 is 16.7 Å². The lowest BCUT2D eigenvalue weighted by Gasteiger charge is -2.17. The summed E-state index contributed by atoms with van der Waals surface area (Å²) < 4.78 is 2.53. The van der Waals surface area contributed by atoms with Crippen molar-refractivity contribution >= 4 is 29.3 Å². The molecule has 28 heavy (non-hydrogen) atoms. The number of aromatic nitrogens is 4. The highest BCUT2D eigenvalue weighted by Gasteiger charge is 2.16. The van der Waals surface area contributed by atoms with Gasteiger partial charge in [-0.1, -0.05) is 42.5 Å². The van der Waals surface area contributed by atoms with E-state index < -0.39 is 11.4 Å². The zero-order chi connectivity index (χ0) is 20.3. The monoisotopic (exact) mass is 397 g/mol. The molecule has 2 heterocycles. The highest BCUT2D eigenvalue weighted by atomic mass is 35.5. The van der Waals surface area contributed by atoms with E-state index in [4.69, 9.17) is 11.6 Å². The number of halogens is 1. The van der Waals surface area contributed by atoms with Gasteiger partial charge in [0.05, 0.1) is 6.54 Å². The van der Waals surface area contributed by atoms with Crippen LogP contribution in [-0.2, 0) is 6.54 Å². The first kappa shape index (κ1) is 19.6. The lowest BCUT2D eigenvalue weighted by Crippen LogP contribution is -2.43. The van der Waals surface area contributed by atoms with Crippen LogP contribution in [0.15, 0.2) is 58.8 Å². The molecule has 0 atom stereocenters. The summed E-state index contributed by atoms with van der Waals surface area (Å²) in [5.74, 6) is 0.156. The van der Waals surface area contributed by atoms with Gasteiger partial charge in [0.25, 0.3) is 0 Å². The molecule has 0 amide bonds. The molecule has 0 radical (unpaired) electrons. The Balaban J connectivity index is 2.11. The molecule has 2 aromatic heterocycles. The number of hydrogen-bond donors (Lipinski definition) is 1. The fraction of sp³-hybridized carbons (Fsp3) is 0.200. The van der Waals surface area contributed by atoms with Crippen molar-refractivity contribution in [3.05, 3.63) is 86.4 Å². The van der Waals surface area contributed by atoms with Crippen LogP contribution in [0.2, 0.25) is 5.15 Å². The molecule has 7 nitrogen and oxygen atoms in total. The fourth-order valence-electron chi connectivity index (χ4n) is 2.74. The molecular weight excluding hydrogens is 378 g/mol. The highest BCUT2D eigenvalue weighted by molar-refractivity contribution is 6.29. The van der Waals surface area contributed by atoms with E-state index in [2.05, 4.69) is 21.9 Å². The highest BCUT2D eigenvalue weighted by Crippen LogP contribution is 2.17. The van der Waals surface area contributed by atoms with Gasteiger partial charge in [0.2, 0.25) is 5.95 Å². The second-order valence-corrected chi connectivity index (χ2v) is 6.88. The predicted molar refractivity (Wildman–Crippen MR) is 111 cm³/mol. The minimum atomic E-state index is -0.604. The van der Waals surface area contributed by atoms with Gasteiger partial charge in [0.15, 0.2) is 0 Å². The average molecular weight is 398 g/mol. The van der Waals surface area contributed by atoms with Crippen LogP contribution in [-0.4, -0.2) is 19.1 Å². The van der Waals surface area contributed by atoms with Crippen LogP contribution in [0.25, 0.3) is 6.08 Å². The van der Waals surface area contributed by atoms with Crippen LogP contribution in [0.1, 0.15) is 31.0 Å². The summed E-state index contributed by atoms with van der Waals surface area (Å²) >= 11 is 5.84. The van der Waals surface area contributed by atoms with Crippen molar-refractivity contribution in [3.63, 3.8) is 0 Å². The van der Waals surface area contributed by atoms with Crippen molar-refractivity contribution in [2.75, 3.05) is 5.32 Å². The van der Waals surface area contributed by atoms with E-state index in [1.54, 1.807) is 38.3 Å². The second kappa shape index (κ2) is 8.22. The van der Waals surface area contributed by atoms with Gasteiger partial charge in [-0.05, 0) is 43.2 Å². The number of pyridine rings is 1. The Morgan fingerprint density at radius 1 is 1.25 bits per heavy atom. The first-order chi connectivity index (χ1) is 13.4. The molecule has 8 heteroatoms. The standard InChI is InChI=1S/C20H20ClN5O2/c1-4-14-6-5-7-16(10-14)23-18-24-19(27)26(13(2)3)20(28)25(18)12-15-8-9-17(21)22-11-15/h4-11,13H,1,12H2,2-3H3,(H,23,24,27). The van der Waals surface area contributed by atoms with E-state index in [0.29, 0.717) is 10.8 Å². The van der Waals surface area contributed by atoms with Gasteiger partial charge in [0, 0.05) is 17.9 Å². The third kappa shape index (κ3) is 4.20. The van der Waals surface area contributed by atoms with Crippen LogP contribution in [0.3, 0.4) is 0 Å². The normalized spacial score (nSPS) is 10.9. The molecule has 1 N–H and O–H groups in total. The van der Waals surface area contributed by atoms with Gasteiger partial charge < -0.3 is 5.32 Å². The van der Waals surface area contributed by atoms with E-state index in [9.17, 15) is 9.59 Å².